The van der Waals surface area contributed by atoms with E-state index in [0.717, 1.165) is 0 Å². The molecule has 0 aliphatic heterocycles. The van der Waals surface area contributed by atoms with Crippen LogP contribution in [0.5, 0.6) is 5.75 Å². The molecule has 0 radical (unpaired) electrons. The number of methoxy groups -OCH3 is 1. The minimum Gasteiger partial charge on any atom is -0.497 e. The zero-order chi connectivity index (χ0) is 17.9. The van der Waals surface area contributed by atoms with Crippen molar-refractivity contribution in [3.05, 3.63) is 46.8 Å². The Kier molecular flexibility index (Phi) is 4.98. The number of halogens is 1. The van der Waals surface area contributed by atoms with Gasteiger partial charge in [0.1, 0.15) is 5.75 Å². The Morgan fingerprint density at radius 1 is 1.29 bits per heavy atom. The molecule has 0 fully saturated rings. The molecule has 0 atom stereocenters. The van der Waals surface area contributed by atoms with Gasteiger partial charge in [0.05, 0.1) is 24.5 Å². The summed E-state index contributed by atoms with van der Waals surface area (Å²) in [6.07, 6.45) is 1.80. The molecule has 1 aromatic heterocycles. The van der Waals surface area contributed by atoms with Gasteiger partial charge in [-0.25, -0.2) is 22.6 Å². The number of benzene rings is 1. The average molecular weight is 354 g/mol. The Morgan fingerprint density at radius 3 is 2.46 bits per heavy atom. The number of nitrogens with zero attached hydrogens (tertiary/aromatic N) is 4. The van der Waals surface area contributed by atoms with E-state index in [1.165, 1.54) is 42.6 Å². The van der Waals surface area contributed by atoms with Crippen LogP contribution in [-0.4, -0.2) is 49.8 Å². The van der Waals surface area contributed by atoms with Gasteiger partial charge in [0.25, 0.3) is 10.0 Å². The number of hydrogen-bond donors (Lipinski definition) is 0. The van der Waals surface area contributed by atoms with Crippen molar-refractivity contribution in [2.24, 2.45) is 4.99 Å². The highest BCUT2D eigenvalue weighted by Crippen LogP contribution is 2.18. The number of hydrogen-bond acceptors (Lipinski definition) is 6. The normalized spacial score (nSPS) is 11.7. The summed E-state index contributed by atoms with van der Waals surface area (Å²) >= 11 is 0. The van der Waals surface area contributed by atoms with Crippen molar-refractivity contribution in [1.29, 1.82) is 0 Å². The molecule has 2 rings (SSSR count). The lowest BCUT2D eigenvalue weighted by molar-refractivity contribution is 0.414. The molecule has 8 nitrogen and oxygen atoms in total. The second kappa shape index (κ2) is 6.79. The van der Waals surface area contributed by atoms with E-state index in [1.54, 1.807) is 14.1 Å². The van der Waals surface area contributed by atoms with Crippen LogP contribution < -0.4 is 10.4 Å². The quantitative estimate of drug-likeness (QED) is 0.584. The van der Waals surface area contributed by atoms with E-state index in [4.69, 9.17) is 4.74 Å². The third kappa shape index (κ3) is 3.59. The summed E-state index contributed by atoms with van der Waals surface area (Å²) in [7, 11) is 0.449. The van der Waals surface area contributed by atoms with Gasteiger partial charge in [0, 0.05) is 14.1 Å². The number of aliphatic imine (C=N–C) groups is 1. The largest absolute Gasteiger partial charge is 0.497 e. The van der Waals surface area contributed by atoms with Gasteiger partial charge in [-0.15, -0.1) is 0 Å². The van der Waals surface area contributed by atoms with Crippen molar-refractivity contribution < 1.29 is 17.5 Å². The Balaban J connectivity index is 2.51. The molecule has 0 saturated carbocycles. The predicted octanol–water partition coefficient (Wildman–Crippen LogP) is 0.849. The van der Waals surface area contributed by atoms with Gasteiger partial charge in [-0.05, 0) is 24.3 Å². The summed E-state index contributed by atoms with van der Waals surface area (Å²) in [4.78, 5) is 20.3. The van der Waals surface area contributed by atoms with Crippen molar-refractivity contribution in [2.45, 2.75) is 4.90 Å². The van der Waals surface area contributed by atoms with Gasteiger partial charge < -0.3 is 9.64 Å². The standard InChI is InChI=1S/C14H15FN4O4S/c1-18(2)9-16-13-12(15)8-19(14(20)17-13)24(21,22)11-6-4-10(23-3)5-7-11/h4-9H,1-3H3/b16-9+. The first-order valence-corrected chi connectivity index (χ1v) is 8.09. The van der Waals surface area contributed by atoms with Gasteiger partial charge in [-0.1, -0.05) is 0 Å². The van der Waals surface area contributed by atoms with Crippen LogP contribution in [0.4, 0.5) is 10.2 Å². The minimum atomic E-state index is -4.28. The highest BCUT2D eigenvalue weighted by molar-refractivity contribution is 7.90. The molecular formula is C14H15FN4O4S. The maximum atomic E-state index is 14.0. The first kappa shape index (κ1) is 17.6. The highest BCUT2D eigenvalue weighted by atomic mass is 32.2. The first-order valence-electron chi connectivity index (χ1n) is 6.65. The molecule has 2 aromatic rings. The number of rotatable bonds is 5. The van der Waals surface area contributed by atoms with Gasteiger partial charge in [0.2, 0.25) is 0 Å². The Labute approximate surface area is 137 Å². The van der Waals surface area contributed by atoms with Crippen LogP contribution >= 0.6 is 0 Å². The average Bonchev–Trinajstić information content (AvgIpc) is 2.55. The SMILES string of the molecule is COc1ccc(S(=O)(=O)n2cc(F)c(/N=C/N(C)C)nc2=O)cc1. The molecule has 0 aliphatic rings. The fraction of sp³-hybridized carbons (Fsp3) is 0.214. The lowest BCUT2D eigenvalue weighted by atomic mass is 10.3. The molecule has 24 heavy (non-hydrogen) atoms. The Hall–Kier alpha value is -2.75. The number of ether oxygens (including phenoxy) is 1. The molecule has 0 saturated heterocycles. The monoisotopic (exact) mass is 354 g/mol. The Morgan fingerprint density at radius 2 is 1.92 bits per heavy atom. The van der Waals surface area contributed by atoms with Crippen molar-refractivity contribution in [1.82, 2.24) is 13.9 Å². The molecular weight excluding hydrogens is 339 g/mol. The zero-order valence-electron chi connectivity index (χ0n) is 13.2. The Bertz CT molecular complexity index is 921. The third-order valence-corrected chi connectivity index (χ3v) is 4.51. The molecule has 128 valence electrons. The van der Waals surface area contributed by atoms with E-state index < -0.39 is 27.3 Å². The van der Waals surface area contributed by atoms with Gasteiger partial charge in [0.15, 0.2) is 11.6 Å². The van der Waals surface area contributed by atoms with Crippen LogP contribution in [0, 0.1) is 5.82 Å². The lowest BCUT2D eigenvalue weighted by Gasteiger charge is -2.08. The van der Waals surface area contributed by atoms with Gasteiger partial charge >= 0.3 is 5.69 Å². The summed E-state index contributed by atoms with van der Waals surface area (Å²) in [5.74, 6) is -1.08. The summed E-state index contributed by atoms with van der Waals surface area (Å²) in [6.45, 7) is 0. The second-order valence-corrected chi connectivity index (χ2v) is 6.69. The molecule has 0 spiro atoms. The van der Waals surface area contributed by atoms with Gasteiger partial charge in [-0.3, -0.25) is 0 Å². The number of aromatic nitrogens is 2. The minimum absolute atomic E-state index is 0.198. The second-order valence-electron chi connectivity index (χ2n) is 4.88. The summed E-state index contributed by atoms with van der Waals surface area (Å²) < 4.78 is 44.1. The molecule has 1 heterocycles. The first-order chi connectivity index (χ1) is 11.3. The van der Waals surface area contributed by atoms with Crippen molar-refractivity contribution in [2.75, 3.05) is 21.2 Å². The molecule has 0 unspecified atom stereocenters. The van der Waals surface area contributed by atoms with E-state index in [9.17, 15) is 17.6 Å². The van der Waals surface area contributed by atoms with E-state index in [1.807, 2.05) is 0 Å². The summed E-state index contributed by atoms with van der Waals surface area (Å²) in [5, 5.41) is 0. The summed E-state index contributed by atoms with van der Waals surface area (Å²) in [6, 6.07) is 5.32. The maximum Gasteiger partial charge on any atom is 0.363 e. The van der Waals surface area contributed by atoms with Crippen molar-refractivity contribution >= 4 is 22.2 Å². The molecule has 0 bridgehead atoms. The topological polar surface area (TPSA) is 93.9 Å². The fourth-order valence-electron chi connectivity index (χ4n) is 1.70. The molecule has 1 aromatic carbocycles. The smallest absolute Gasteiger partial charge is 0.363 e. The maximum absolute atomic E-state index is 14.0. The van der Waals surface area contributed by atoms with Crippen molar-refractivity contribution in [3.63, 3.8) is 0 Å². The van der Waals surface area contributed by atoms with Crippen LogP contribution in [0.25, 0.3) is 0 Å². The van der Waals surface area contributed by atoms with Crippen LogP contribution in [0.3, 0.4) is 0 Å². The zero-order valence-corrected chi connectivity index (χ0v) is 14.0. The highest BCUT2D eigenvalue weighted by Gasteiger charge is 2.21. The van der Waals surface area contributed by atoms with Crippen LogP contribution in [0.2, 0.25) is 0 Å². The van der Waals surface area contributed by atoms with E-state index >= 15 is 0 Å². The van der Waals surface area contributed by atoms with Crippen molar-refractivity contribution in [3.8, 4) is 5.75 Å². The molecule has 0 N–H and O–H groups in total. The molecule has 10 heteroatoms. The van der Waals surface area contributed by atoms with Gasteiger partial charge in [-0.2, -0.15) is 8.96 Å². The summed E-state index contributed by atoms with van der Waals surface area (Å²) in [5.41, 5.74) is -1.15. The third-order valence-electron chi connectivity index (χ3n) is 2.86. The molecule has 0 aliphatic carbocycles. The predicted molar refractivity (Wildman–Crippen MR) is 85.9 cm³/mol. The van der Waals surface area contributed by atoms with E-state index in [0.29, 0.717) is 11.9 Å². The van der Waals surface area contributed by atoms with Crippen LogP contribution in [-0.2, 0) is 10.0 Å². The lowest BCUT2D eigenvalue weighted by Crippen LogP contribution is -2.29. The molecule has 0 amide bonds. The fourth-order valence-corrected chi connectivity index (χ4v) is 2.89. The van der Waals surface area contributed by atoms with E-state index in [2.05, 4.69) is 9.98 Å². The van der Waals surface area contributed by atoms with E-state index in [-0.39, 0.29) is 8.87 Å². The van der Waals surface area contributed by atoms with Crippen LogP contribution in [0.15, 0.2) is 45.1 Å². The van der Waals surface area contributed by atoms with Crippen LogP contribution in [0.1, 0.15) is 0 Å².